The van der Waals surface area contributed by atoms with Gasteiger partial charge < -0.3 is 15.3 Å². The van der Waals surface area contributed by atoms with Crippen molar-refractivity contribution in [2.45, 2.75) is 65.0 Å². The molecular weight excluding hydrogens is 206 g/mol. The molecule has 0 aromatic carbocycles. The topological polar surface area (TPSA) is 69.4 Å². The maximum Gasteiger partial charge on any atom is 0.323 e. The van der Waals surface area contributed by atoms with Crippen LogP contribution < -0.4 is 5.73 Å². The molecule has 0 saturated heterocycles. The van der Waals surface area contributed by atoms with E-state index in [1.165, 1.54) is 0 Å². The summed E-state index contributed by atoms with van der Waals surface area (Å²) in [6.45, 7) is 7.00. The molecule has 0 spiro atoms. The number of unbranched alkanes of at least 4 members (excludes halogenated alkanes) is 1. The van der Waals surface area contributed by atoms with E-state index < -0.39 is 11.6 Å². The zero-order valence-electron chi connectivity index (χ0n) is 10.7. The summed E-state index contributed by atoms with van der Waals surface area (Å²) in [4.78, 5) is 22.2. The van der Waals surface area contributed by atoms with Crippen LogP contribution in [-0.4, -0.2) is 23.4 Å². The Labute approximate surface area is 97.5 Å². The molecule has 0 aromatic rings. The number of hydrogen-bond donors (Lipinski definition) is 1. The molecule has 4 heteroatoms. The van der Waals surface area contributed by atoms with Gasteiger partial charge in [0.25, 0.3) is 0 Å². The van der Waals surface area contributed by atoms with Gasteiger partial charge in [0.2, 0.25) is 0 Å². The van der Waals surface area contributed by atoms with Crippen molar-refractivity contribution < 1.29 is 14.3 Å². The van der Waals surface area contributed by atoms with Crippen LogP contribution in [0.4, 0.5) is 0 Å². The molecule has 2 N–H and O–H groups in total. The Morgan fingerprint density at radius 2 is 1.81 bits per heavy atom. The lowest BCUT2D eigenvalue weighted by molar-refractivity contribution is -0.156. The first-order valence-corrected chi connectivity index (χ1v) is 5.70. The van der Waals surface area contributed by atoms with E-state index >= 15 is 0 Å². The van der Waals surface area contributed by atoms with Gasteiger partial charge in [0.1, 0.15) is 17.4 Å². The minimum Gasteiger partial charge on any atom is -0.459 e. The Hall–Kier alpha value is -0.900. The van der Waals surface area contributed by atoms with Gasteiger partial charge in [0.15, 0.2) is 0 Å². The smallest absolute Gasteiger partial charge is 0.323 e. The van der Waals surface area contributed by atoms with Crippen molar-refractivity contribution in [1.29, 1.82) is 0 Å². The lowest BCUT2D eigenvalue weighted by Crippen LogP contribution is -2.37. The molecule has 0 aliphatic heterocycles. The SMILES string of the molecule is CC(=O)CCCCC(N)C(=O)OC(C)(C)C. The zero-order valence-corrected chi connectivity index (χ0v) is 10.7. The van der Waals surface area contributed by atoms with Gasteiger partial charge in [-0.15, -0.1) is 0 Å². The quantitative estimate of drug-likeness (QED) is 0.557. The highest BCUT2D eigenvalue weighted by Crippen LogP contribution is 2.10. The third kappa shape index (κ3) is 8.41. The molecule has 0 aliphatic rings. The third-order valence-corrected chi connectivity index (χ3v) is 2.00. The first-order valence-electron chi connectivity index (χ1n) is 5.70. The average molecular weight is 229 g/mol. The number of carbonyl (C=O) groups is 2. The van der Waals surface area contributed by atoms with Crippen molar-refractivity contribution in [3.8, 4) is 0 Å². The van der Waals surface area contributed by atoms with Gasteiger partial charge in [-0.05, 0) is 40.5 Å². The van der Waals surface area contributed by atoms with E-state index in [0.717, 1.165) is 12.8 Å². The van der Waals surface area contributed by atoms with Gasteiger partial charge in [-0.3, -0.25) is 4.79 Å². The molecule has 94 valence electrons. The standard InChI is InChI=1S/C12H23NO3/c1-9(14)7-5-6-8-10(13)11(15)16-12(2,3)4/h10H,5-8,13H2,1-4H3. The molecule has 1 atom stereocenters. The van der Waals surface area contributed by atoms with Crippen LogP contribution in [0, 0.1) is 0 Å². The number of Topliss-reactive ketones (excluding diaryl/α,β-unsaturated/α-hetero) is 1. The van der Waals surface area contributed by atoms with Crippen molar-refractivity contribution in [3.63, 3.8) is 0 Å². The summed E-state index contributed by atoms with van der Waals surface area (Å²) in [6.07, 6.45) is 2.69. The molecule has 0 fully saturated rings. The largest absolute Gasteiger partial charge is 0.459 e. The monoisotopic (exact) mass is 229 g/mol. The van der Waals surface area contributed by atoms with Gasteiger partial charge in [0.05, 0.1) is 0 Å². The summed E-state index contributed by atoms with van der Waals surface area (Å²) < 4.78 is 5.15. The van der Waals surface area contributed by atoms with Gasteiger partial charge >= 0.3 is 5.97 Å². The summed E-state index contributed by atoms with van der Waals surface area (Å²) in [5.41, 5.74) is 5.19. The number of nitrogens with two attached hydrogens (primary N) is 1. The van der Waals surface area contributed by atoms with Gasteiger partial charge in [-0.1, -0.05) is 6.42 Å². The Kier molecular flexibility index (Phi) is 6.26. The summed E-state index contributed by atoms with van der Waals surface area (Å²) >= 11 is 0. The zero-order chi connectivity index (χ0) is 12.8. The number of esters is 1. The van der Waals surface area contributed by atoms with E-state index in [4.69, 9.17) is 10.5 Å². The minimum atomic E-state index is -0.578. The summed E-state index contributed by atoms with van der Waals surface area (Å²) in [5, 5.41) is 0. The number of ketones is 1. The van der Waals surface area contributed by atoms with Crippen LogP contribution in [0.2, 0.25) is 0 Å². The van der Waals surface area contributed by atoms with Crippen molar-refractivity contribution in [1.82, 2.24) is 0 Å². The number of hydrogen-bond acceptors (Lipinski definition) is 4. The van der Waals surface area contributed by atoms with Crippen LogP contribution >= 0.6 is 0 Å². The van der Waals surface area contributed by atoms with Crippen LogP contribution in [0.5, 0.6) is 0 Å². The molecule has 0 heterocycles. The van der Waals surface area contributed by atoms with E-state index in [1.807, 2.05) is 20.8 Å². The van der Waals surface area contributed by atoms with Gasteiger partial charge in [-0.2, -0.15) is 0 Å². The minimum absolute atomic E-state index is 0.172. The second kappa shape index (κ2) is 6.63. The second-order valence-electron chi connectivity index (χ2n) is 5.09. The summed E-state index contributed by atoms with van der Waals surface area (Å²) in [6, 6.07) is -0.578. The van der Waals surface area contributed by atoms with Crippen LogP contribution in [-0.2, 0) is 14.3 Å². The normalized spacial score (nSPS) is 13.3. The maximum absolute atomic E-state index is 11.5. The number of carbonyl (C=O) groups excluding carboxylic acids is 2. The first kappa shape index (κ1) is 15.1. The van der Waals surface area contributed by atoms with E-state index in [-0.39, 0.29) is 11.8 Å². The molecule has 4 nitrogen and oxygen atoms in total. The summed E-state index contributed by atoms with van der Waals surface area (Å²) in [5.74, 6) is -0.193. The van der Waals surface area contributed by atoms with E-state index in [2.05, 4.69) is 0 Å². The lowest BCUT2D eigenvalue weighted by atomic mass is 10.1. The molecule has 0 bridgehead atoms. The molecule has 0 aliphatic carbocycles. The molecule has 0 radical (unpaired) electrons. The molecule has 0 rings (SSSR count). The molecule has 0 amide bonds. The first-order chi connectivity index (χ1) is 7.22. The van der Waals surface area contributed by atoms with Crippen LogP contribution in [0.15, 0.2) is 0 Å². The second-order valence-corrected chi connectivity index (χ2v) is 5.09. The highest BCUT2D eigenvalue weighted by molar-refractivity contribution is 5.76. The van der Waals surface area contributed by atoms with Crippen LogP contribution in [0.25, 0.3) is 0 Å². The summed E-state index contributed by atoms with van der Waals surface area (Å²) in [7, 11) is 0. The van der Waals surface area contributed by atoms with Crippen molar-refractivity contribution in [2.75, 3.05) is 0 Å². The van der Waals surface area contributed by atoms with Crippen molar-refractivity contribution in [2.24, 2.45) is 5.73 Å². The van der Waals surface area contributed by atoms with E-state index in [1.54, 1.807) is 6.92 Å². The number of ether oxygens (including phenoxy) is 1. The Morgan fingerprint density at radius 1 is 1.25 bits per heavy atom. The average Bonchev–Trinajstić information content (AvgIpc) is 2.08. The molecular formula is C12H23NO3. The predicted octanol–water partition coefficient (Wildman–Crippen LogP) is 1.80. The molecule has 16 heavy (non-hydrogen) atoms. The van der Waals surface area contributed by atoms with Gasteiger partial charge in [-0.25, -0.2) is 0 Å². The highest BCUT2D eigenvalue weighted by Gasteiger charge is 2.21. The molecule has 0 aromatic heterocycles. The fraction of sp³-hybridized carbons (Fsp3) is 0.833. The highest BCUT2D eigenvalue weighted by atomic mass is 16.6. The fourth-order valence-corrected chi connectivity index (χ4v) is 1.23. The molecule has 0 saturated carbocycles. The van der Waals surface area contributed by atoms with Crippen LogP contribution in [0.1, 0.15) is 53.4 Å². The van der Waals surface area contributed by atoms with Crippen molar-refractivity contribution in [3.05, 3.63) is 0 Å². The van der Waals surface area contributed by atoms with Gasteiger partial charge in [0, 0.05) is 6.42 Å². The van der Waals surface area contributed by atoms with Crippen LogP contribution in [0.3, 0.4) is 0 Å². The molecule has 1 unspecified atom stereocenters. The predicted molar refractivity (Wildman–Crippen MR) is 63.0 cm³/mol. The maximum atomic E-state index is 11.5. The Balaban J connectivity index is 3.76. The fourth-order valence-electron chi connectivity index (χ4n) is 1.23. The van der Waals surface area contributed by atoms with E-state index in [0.29, 0.717) is 12.8 Å². The number of rotatable bonds is 6. The third-order valence-electron chi connectivity index (χ3n) is 2.00. The Morgan fingerprint density at radius 3 is 2.25 bits per heavy atom. The van der Waals surface area contributed by atoms with Crippen molar-refractivity contribution >= 4 is 11.8 Å². The van der Waals surface area contributed by atoms with E-state index in [9.17, 15) is 9.59 Å². The Bertz CT molecular complexity index is 243. The lowest BCUT2D eigenvalue weighted by Gasteiger charge is -2.22.